The molecular weight excluding hydrogens is 324 g/mol. The monoisotopic (exact) mass is 352 g/mol. The average Bonchev–Trinajstić information content (AvgIpc) is 2.78. The van der Waals surface area contributed by atoms with Gasteiger partial charge in [0.1, 0.15) is 0 Å². The second-order valence-electron chi connectivity index (χ2n) is 6.95. The molecule has 6 heteroatoms. The first-order valence-electron chi connectivity index (χ1n) is 8.85. The molecule has 2 aliphatic rings. The van der Waals surface area contributed by atoms with Gasteiger partial charge in [0.2, 0.25) is 10.0 Å². The Balaban J connectivity index is 1.66. The number of hydrogen-bond acceptors (Lipinski definition) is 4. The third kappa shape index (κ3) is 4.17. The molecule has 2 saturated heterocycles. The summed E-state index contributed by atoms with van der Waals surface area (Å²) in [6.45, 7) is 8.97. The van der Waals surface area contributed by atoms with Crippen LogP contribution in [0.5, 0.6) is 0 Å². The fraction of sp³-hybridized carbons (Fsp3) is 0.667. The van der Waals surface area contributed by atoms with Gasteiger partial charge >= 0.3 is 0 Å². The summed E-state index contributed by atoms with van der Waals surface area (Å²) < 4.78 is 33.2. The smallest absolute Gasteiger partial charge is 0.218 e. The molecule has 0 spiro atoms. The number of benzene rings is 1. The van der Waals surface area contributed by atoms with Crippen molar-refractivity contribution in [2.24, 2.45) is 5.92 Å². The Hall–Kier alpha value is -0.950. The zero-order chi connectivity index (χ0) is 17.2. The van der Waals surface area contributed by atoms with Crippen LogP contribution in [0.25, 0.3) is 0 Å². The molecule has 0 saturated carbocycles. The number of ether oxygens (including phenoxy) is 1. The van der Waals surface area contributed by atoms with Crippen molar-refractivity contribution >= 4 is 10.0 Å². The van der Waals surface area contributed by atoms with Crippen LogP contribution in [0.1, 0.15) is 24.5 Å². The highest BCUT2D eigenvalue weighted by Crippen LogP contribution is 2.26. The van der Waals surface area contributed by atoms with Crippen LogP contribution in [0.4, 0.5) is 0 Å². The van der Waals surface area contributed by atoms with Crippen LogP contribution in [-0.4, -0.2) is 63.1 Å². The Morgan fingerprint density at radius 3 is 2.62 bits per heavy atom. The van der Waals surface area contributed by atoms with Crippen LogP contribution in [0.15, 0.2) is 24.3 Å². The Morgan fingerprint density at radius 1 is 1.17 bits per heavy atom. The van der Waals surface area contributed by atoms with Crippen molar-refractivity contribution < 1.29 is 13.2 Å². The van der Waals surface area contributed by atoms with Crippen molar-refractivity contribution in [1.29, 1.82) is 0 Å². The minimum absolute atomic E-state index is 0.0306. The number of sulfonamides is 1. The van der Waals surface area contributed by atoms with Gasteiger partial charge in [-0.2, -0.15) is 4.31 Å². The van der Waals surface area contributed by atoms with Crippen molar-refractivity contribution in [3.63, 3.8) is 0 Å². The molecule has 5 nitrogen and oxygen atoms in total. The summed E-state index contributed by atoms with van der Waals surface area (Å²) in [4.78, 5) is 2.40. The molecule has 0 aromatic heterocycles. The summed E-state index contributed by atoms with van der Waals surface area (Å²) >= 11 is 0. The van der Waals surface area contributed by atoms with Gasteiger partial charge in [0.05, 0.1) is 18.5 Å². The van der Waals surface area contributed by atoms with E-state index in [0.29, 0.717) is 25.6 Å². The molecule has 0 N–H and O–H groups in total. The number of likely N-dealkylation sites (N-methyl/N-ethyl adjacent to an activating group) is 1. The highest BCUT2D eigenvalue weighted by molar-refractivity contribution is 7.88. The molecule has 2 heterocycles. The van der Waals surface area contributed by atoms with Crippen LogP contribution < -0.4 is 0 Å². The molecule has 134 valence electrons. The summed E-state index contributed by atoms with van der Waals surface area (Å²) in [5.41, 5.74) is 1.99. The molecule has 3 rings (SSSR count). The maximum absolute atomic E-state index is 12.8. The summed E-state index contributed by atoms with van der Waals surface area (Å²) in [6, 6.07) is 7.73. The van der Waals surface area contributed by atoms with Crippen molar-refractivity contribution in [3.8, 4) is 0 Å². The topological polar surface area (TPSA) is 49.9 Å². The molecule has 24 heavy (non-hydrogen) atoms. The van der Waals surface area contributed by atoms with Gasteiger partial charge in [-0.1, -0.05) is 36.8 Å². The number of aryl methyl sites for hydroxylation is 1. The van der Waals surface area contributed by atoms with Crippen LogP contribution in [0, 0.1) is 12.8 Å². The summed E-state index contributed by atoms with van der Waals surface area (Å²) in [5.74, 6) is 0.518. The molecule has 2 atom stereocenters. The van der Waals surface area contributed by atoms with E-state index in [9.17, 15) is 8.42 Å². The summed E-state index contributed by atoms with van der Waals surface area (Å²) in [6.07, 6.45) is 0.914. The van der Waals surface area contributed by atoms with Crippen LogP contribution in [0.2, 0.25) is 0 Å². The average molecular weight is 353 g/mol. The predicted molar refractivity (Wildman–Crippen MR) is 95.3 cm³/mol. The standard InChI is InChI=1S/C18H28N2O3S/c1-3-19-10-11-23-18-13-20(9-8-17(18)12-19)24(21,22)14-16-6-4-15(2)5-7-16/h4-7,17-18H,3,8-14H2,1-2H3/t17-,18-/m0/s1. The van der Waals surface area contributed by atoms with Gasteiger partial charge in [0.25, 0.3) is 0 Å². The Bertz CT molecular complexity index is 645. The highest BCUT2D eigenvalue weighted by atomic mass is 32.2. The third-order valence-electron chi connectivity index (χ3n) is 5.20. The van der Waals surface area contributed by atoms with Crippen LogP contribution in [-0.2, 0) is 20.5 Å². The molecule has 2 aliphatic heterocycles. The zero-order valence-corrected chi connectivity index (χ0v) is 15.5. The SMILES string of the molecule is CCN1CCO[C@H]2CN(S(=O)(=O)Cc3ccc(C)cc3)CC[C@H]2C1. The van der Waals surface area contributed by atoms with Crippen molar-refractivity contribution in [3.05, 3.63) is 35.4 Å². The maximum Gasteiger partial charge on any atom is 0.218 e. The minimum atomic E-state index is -3.29. The Labute approximate surface area is 145 Å². The lowest BCUT2D eigenvalue weighted by molar-refractivity contribution is -0.00193. The lowest BCUT2D eigenvalue weighted by Crippen LogP contribution is -2.49. The van der Waals surface area contributed by atoms with Gasteiger partial charge in [0, 0.05) is 32.1 Å². The fourth-order valence-electron chi connectivity index (χ4n) is 3.62. The predicted octanol–water partition coefficient (Wildman–Crippen LogP) is 1.87. The fourth-order valence-corrected chi connectivity index (χ4v) is 5.17. The first kappa shape index (κ1) is 17.9. The molecular formula is C18H28N2O3S. The number of nitrogens with zero attached hydrogens (tertiary/aromatic N) is 2. The maximum atomic E-state index is 12.8. The molecule has 0 amide bonds. The molecule has 0 radical (unpaired) electrons. The molecule has 2 fully saturated rings. The number of piperidine rings is 1. The van der Waals surface area contributed by atoms with Crippen molar-refractivity contribution in [1.82, 2.24) is 9.21 Å². The first-order valence-corrected chi connectivity index (χ1v) is 10.5. The lowest BCUT2D eigenvalue weighted by atomic mass is 9.94. The van der Waals surface area contributed by atoms with E-state index in [1.54, 1.807) is 4.31 Å². The molecule has 0 aliphatic carbocycles. The second-order valence-corrected chi connectivity index (χ2v) is 8.92. The van der Waals surface area contributed by atoms with E-state index >= 15 is 0 Å². The van der Waals surface area contributed by atoms with Gasteiger partial charge in [-0.05, 0) is 25.5 Å². The summed E-state index contributed by atoms with van der Waals surface area (Å²) in [7, 11) is -3.29. The molecule has 1 aromatic rings. The van der Waals surface area contributed by atoms with Gasteiger partial charge < -0.3 is 9.64 Å². The van der Waals surface area contributed by atoms with E-state index in [0.717, 1.165) is 37.2 Å². The first-order chi connectivity index (χ1) is 11.5. The normalized spacial score (nSPS) is 26.8. The third-order valence-corrected chi connectivity index (χ3v) is 7.02. The summed E-state index contributed by atoms with van der Waals surface area (Å²) in [5, 5.41) is 0. The van der Waals surface area contributed by atoms with E-state index in [1.807, 2.05) is 31.2 Å². The van der Waals surface area contributed by atoms with E-state index in [4.69, 9.17) is 4.74 Å². The molecule has 0 bridgehead atoms. The number of fused-ring (bicyclic) bond motifs is 1. The Kier molecular flexibility index (Phi) is 5.59. The molecule has 0 unspecified atom stereocenters. The van der Waals surface area contributed by atoms with Crippen molar-refractivity contribution in [2.75, 3.05) is 39.3 Å². The second kappa shape index (κ2) is 7.52. The van der Waals surface area contributed by atoms with Crippen molar-refractivity contribution in [2.45, 2.75) is 32.1 Å². The van der Waals surface area contributed by atoms with E-state index in [1.165, 1.54) is 0 Å². The van der Waals surface area contributed by atoms with E-state index in [-0.39, 0.29) is 11.9 Å². The van der Waals surface area contributed by atoms with Gasteiger partial charge in [-0.3, -0.25) is 0 Å². The van der Waals surface area contributed by atoms with E-state index in [2.05, 4.69) is 11.8 Å². The molecule has 1 aromatic carbocycles. The van der Waals surface area contributed by atoms with E-state index < -0.39 is 10.0 Å². The quantitative estimate of drug-likeness (QED) is 0.830. The van der Waals surface area contributed by atoms with Gasteiger partial charge in [-0.25, -0.2) is 8.42 Å². The zero-order valence-electron chi connectivity index (χ0n) is 14.6. The van der Waals surface area contributed by atoms with Gasteiger partial charge in [-0.15, -0.1) is 0 Å². The van der Waals surface area contributed by atoms with Gasteiger partial charge in [0.15, 0.2) is 0 Å². The van der Waals surface area contributed by atoms with Crippen LogP contribution in [0.3, 0.4) is 0 Å². The highest BCUT2D eigenvalue weighted by Gasteiger charge is 2.37. The minimum Gasteiger partial charge on any atom is -0.375 e. The van der Waals surface area contributed by atoms with Crippen LogP contribution >= 0.6 is 0 Å². The number of rotatable bonds is 4. The largest absolute Gasteiger partial charge is 0.375 e. The Morgan fingerprint density at radius 2 is 1.92 bits per heavy atom. The lowest BCUT2D eigenvalue weighted by Gasteiger charge is -2.37. The number of hydrogen-bond donors (Lipinski definition) is 0.